The van der Waals surface area contributed by atoms with Gasteiger partial charge >= 0.3 is 5.97 Å². The van der Waals surface area contributed by atoms with Crippen molar-refractivity contribution in [3.63, 3.8) is 0 Å². The summed E-state index contributed by atoms with van der Waals surface area (Å²) in [5.74, 6) is 0.306. The largest absolute Gasteiger partial charge is 0.468 e. The average molecular weight is 284 g/mol. The third-order valence-corrected chi connectivity index (χ3v) is 4.43. The Balaban J connectivity index is 2.93. The van der Waals surface area contributed by atoms with Crippen molar-refractivity contribution in [1.29, 1.82) is 0 Å². The number of methoxy groups -OCH3 is 1. The molecule has 1 rings (SSSR count). The Hall–Kier alpha value is -0.610. The first-order chi connectivity index (χ1) is 9.41. The number of hydrogen-bond donors (Lipinski definition) is 1. The maximum atomic E-state index is 12.5. The minimum atomic E-state index is -0.541. The summed E-state index contributed by atoms with van der Waals surface area (Å²) < 4.78 is 5.14. The lowest BCUT2D eigenvalue weighted by atomic mass is 9.90. The number of carbonyl (C=O) groups is 1. The van der Waals surface area contributed by atoms with Gasteiger partial charge in [0.05, 0.1) is 7.11 Å². The van der Waals surface area contributed by atoms with Crippen molar-refractivity contribution in [3.8, 4) is 0 Å². The molecule has 1 saturated carbocycles. The second-order valence-electron chi connectivity index (χ2n) is 6.42. The number of rotatable bonds is 9. The average Bonchev–Trinajstić information content (AvgIpc) is 3.22. The number of ether oxygens (including phenoxy) is 1. The number of carbonyl (C=O) groups excluding carboxylic acids is 1. The molecule has 0 aromatic heterocycles. The van der Waals surface area contributed by atoms with Crippen molar-refractivity contribution in [2.24, 2.45) is 5.92 Å². The maximum absolute atomic E-state index is 12.5. The van der Waals surface area contributed by atoms with Crippen LogP contribution < -0.4 is 5.32 Å². The molecular weight excluding hydrogens is 252 g/mol. The molecule has 0 heterocycles. The lowest BCUT2D eigenvalue weighted by Crippen LogP contribution is -2.63. The molecule has 1 aliphatic rings. The molecule has 0 amide bonds. The summed E-state index contributed by atoms with van der Waals surface area (Å²) in [7, 11) is 3.62. The highest BCUT2D eigenvalue weighted by Gasteiger charge is 2.52. The SMILES string of the molecule is CCC(CC)N(C)CC(NC(C)C)(C(=O)OC)C1CC1. The zero-order valence-electron chi connectivity index (χ0n) is 14.0. The highest BCUT2D eigenvalue weighted by atomic mass is 16.5. The van der Waals surface area contributed by atoms with Crippen LogP contribution in [0.2, 0.25) is 0 Å². The molecule has 20 heavy (non-hydrogen) atoms. The van der Waals surface area contributed by atoms with E-state index < -0.39 is 5.54 Å². The molecule has 1 atom stereocenters. The van der Waals surface area contributed by atoms with Crippen LogP contribution in [-0.2, 0) is 9.53 Å². The molecule has 4 heteroatoms. The highest BCUT2D eigenvalue weighted by Crippen LogP contribution is 2.41. The van der Waals surface area contributed by atoms with E-state index in [4.69, 9.17) is 4.74 Å². The zero-order chi connectivity index (χ0) is 15.3. The third-order valence-electron chi connectivity index (χ3n) is 4.43. The van der Waals surface area contributed by atoms with Crippen LogP contribution in [0.25, 0.3) is 0 Å². The lowest BCUT2D eigenvalue weighted by molar-refractivity contribution is -0.151. The van der Waals surface area contributed by atoms with E-state index in [1.54, 1.807) is 0 Å². The number of esters is 1. The van der Waals surface area contributed by atoms with Gasteiger partial charge in [-0.15, -0.1) is 0 Å². The molecular formula is C16H32N2O2. The molecule has 118 valence electrons. The summed E-state index contributed by atoms with van der Waals surface area (Å²) in [5.41, 5.74) is -0.541. The molecule has 0 radical (unpaired) electrons. The van der Waals surface area contributed by atoms with Crippen LogP contribution in [0, 0.1) is 5.92 Å². The van der Waals surface area contributed by atoms with Gasteiger partial charge in [-0.3, -0.25) is 5.32 Å². The maximum Gasteiger partial charge on any atom is 0.327 e. The second-order valence-corrected chi connectivity index (χ2v) is 6.42. The molecule has 1 aliphatic carbocycles. The van der Waals surface area contributed by atoms with E-state index in [1.807, 2.05) is 0 Å². The quantitative estimate of drug-likeness (QED) is 0.660. The summed E-state index contributed by atoms with van der Waals surface area (Å²) in [6, 6.07) is 0.788. The number of nitrogens with one attached hydrogen (secondary N) is 1. The summed E-state index contributed by atoms with van der Waals surface area (Å²) in [5, 5.41) is 3.52. The van der Waals surface area contributed by atoms with Gasteiger partial charge in [0.1, 0.15) is 5.54 Å². The fraction of sp³-hybridized carbons (Fsp3) is 0.938. The number of hydrogen-bond acceptors (Lipinski definition) is 4. The molecule has 0 aromatic carbocycles. The highest BCUT2D eigenvalue weighted by molar-refractivity contribution is 5.82. The minimum absolute atomic E-state index is 0.105. The summed E-state index contributed by atoms with van der Waals surface area (Å²) in [6.45, 7) is 9.33. The molecule has 0 spiro atoms. The first-order valence-electron chi connectivity index (χ1n) is 7.97. The van der Waals surface area contributed by atoms with Gasteiger partial charge < -0.3 is 9.64 Å². The molecule has 1 unspecified atom stereocenters. The van der Waals surface area contributed by atoms with Crippen molar-refractivity contribution in [2.75, 3.05) is 20.7 Å². The van der Waals surface area contributed by atoms with Gasteiger partial charge in [0.2, 0.25) is 0 Å². The molecule has 1 fully saturated rings. The summed E-state index contributed by atoms with van der Waals surface area (Å²) in [4.78, 5) is 14.8. The van der Waals surface area contributed by atoms with Gasteiger partial charge in [-0.2, -0.15) is 0 Å². The van der Waals surface area contributed by atoms with Gasteiger partial charge in [-0.1, -0.05) is 13.8 Å². The normalized spacial score (nSPS) is 18.6. The van der Waals surface area contributed by atoms with Crippen LogP contribution in [-0.4, -0.2) is 49.2 Å². The Bertz CT molecular complexity index is 312. The van der Waals surface area contributed by atoms with Crippen LogP contribution in [0.4, 0.5) is 0 Å². The Morgan fingerprint density at radius 3 is 2.25 bits per heavy atom. The van der Waals surface area contributed by atoms with E-state index in [1.165, 1.54) is 7.11 Å². The molecule has 0 saturated heterocycles. The molecule has 1 N–H and O–H groups in total. The zero-order valence-corrected chi connectivity index (χ0v) is 14.0. The van der Waals surface area contributed by atoms with Gasteiger partial charge in [0, 0.05) is 18.6 Å². The molecule has 4 nitrogen and oxygen atoms in total. The topological polar surface area (TPSA) is 41.6 Å². The number of likely N-dealkylation sites (N-methyl/N-ethyl adjacent to an activating group) is 1. The van der Waals surface area contributed by atoms with Gasteiger partial charge in [0.15, 0.2) is 0 Å². The van der Waals surface area contributed by atoms with Crippen molar-refractivity contribution < 1.29 is 9.53 Å². The first-order valence-corrected chi connectivity index (χ1v) is 7.97. The van der Waals surface area contributed by atoms with E-state index in [2.05, 4.69) is 45.0 Å². The molecule has 0 aliphatic heterocycles. The van der Waals surface area contributed by atoms with E-state index in [0.717, 1.165) is 32.2 Å². The Kier molecular flexibility index (Phi) is 6.46. The van der Waals surface area contributed by atoms with Crippen LogP contribution in [0.3, 0.4) is 0 Å². The molecule has 0 aromatic rings. The fourth-order valence-electron chi connectivity index (χ4n) is 3.29. The smallest absolute Gasteiger partial charge is 0.327 e. The number of nitrogens with zero attached hydrogens (tertiary/aromatic N) is 1. The first kappa shape index (κ1) is 17.4. The Labute approximate surface area is 124 Å². The van der Waals surface area contributed by atoms with Crippen molar-refractivity contribution in [1.82, 2.24) is 10.2 Å². The van der Waals surface area contributed by atoms with Crippen molar-refractivity contribution in [3.05, 3.63) is 0 Å². The lowest BCUT2D eigenvalue weighted by Gasteiger charge is -2.39. The van der Waals surface area contributed by atoms with Crippen LogP contribution in [0.1, 0.15) is 53.4 Å². The minimum Gasteiger partial charge on any atom is -0.468 e. The second kappa shape index (κ2) is 7.41. The monoisotopic (exact) mass is 284 g/mol. The fourth-order valence-corrected chi connectivity index (χ4v) is 3.29. The predicted molar refractivity (Wildman–Crippen MR) is 82.7 cm³/mol. The van der Waals surface area contributed by atoms with Crippen molar-refractivity contribution in [2.45, 2.75) is 71.0 Å². The van der Waals surface area contributed by atoms with Crippen molar-refractivity contribution >= 4 is 5.97 Å². The van der Waals surface area contributed by atoms with Gasteiger partial charge in [-0.25, -0.2) is 4.79 Å². The summed E-state index contributed by atoms with van der Waals surface area (Å²) in [6.07, 6.45) is 4.45. The third kappa shape index (κ3) is 3.95. The van der Waals surface area contributed by atoms with Crippen LogP contribution in [0.15, 0.2) is 0 Å². The van der Waals surface area contributed by atoms with E-state index in [9.17, 15) is 4.79 Å². The Morgan fingerprint density at radius 1 is 1.35 bits per heavy atom. The summed E-state index contributed by atoms with van der Waals surface area (Å²) >= 11 is 0. The van der Waals surface area contributed by atoms with Crippen LogP contribution >= 0.6 is 0 Å². The standard InChI is InChI=1S/C16H32N2O2/c1-7-14(8-2)18(5)11-16(13-9-10-13,15(19)20-6)17-12(3)4/h12-14,17H,7-11H2,1-6H3. The van der Waals surface area contributed by atoms with Gasteiger partial charge in [-0.05, 0) is 52.5 Å². The van der Waals surface area contributed by atoms with E-state index in [-0.39, 0.29) is 12.0 Å². The predicted octanol–water partition coefficient (Wildman–Crippen LogP) is 2.43. The van der Waals surface area contributed by atoms with Gasteiger partial charge in [0.25, 0.3) is 0 Å². The van der Waals surface area contributed by atoms with Crippen LogP contribution in [0.5, 0.6) is 0 Å². The van der Waals surface area contributed by atoms with E-state index in [0.29, 0.717) is 12.0 Å². The molecule has 0 bridgehead atoms. The van der Waals surface area contributed by atoms with E-state index >= 15 is 0 Å². The Morgan fingerprint density at radius 2 is 1.90 bits per heavy atom.